The van der Waals surface area contributed by atoms with Crippen molar-refractivity contribution in [3.05, 3.63) is 60.2 Å². The number of carbonyl (C=O) groups is 1. The first kappa shape index (κ1) is 19.9. The van der Waals surface area contributed by atoms with Crippen LogP contribution in [0.15, 0.2) is 54.6 Å². The van der Waals surface area contributed by atoms with Gasteiger partial charge in [0, 0.05) is 25.4 Å². The molecule has 6 nitrogen and oxygen atoms in total. The maximum atomic E-state index is 12.4. The Morgan fingerprint density at radius 2 is 1.97 bits per heavy atom. The molecule has 29 heavy (non-hydrogen) atoms. The van der Waals surface area contributed by atoms with Gasteiger partial charge in [0.05, 0.1) is 18.2 Å². The van der Waals surface area contributed by atoms with Crippen molar-refractivity contribution in [3.8, 4) is 5.75 Å². The molecule has 2 heterocycles. The summed E-state index contributed by atoms with van der Waals surface area (Å²) >= 11 is 0. The number of hydrogen-bond donors (Lipinski definition) is 2. The lowest BCUT2D eigenvalue weighted by atomic mass is 9.86. The average Bonchev–Trinajstić information content (AvgIpc) is 3.21. The molecule has 4 rings (SSSR count). The molecule has 0 bridgehead atoms. The SMILES string of the molecule is O=C(CN1CC[C@@]2(CCCO2)[C@@H](O)C1)Nc1ccc(OCc2ccccc2)cc1. The van der Waals surface area contributed by atoms with E-state index in [2.05, 4.69) is 5.32 Å². The Labute approximate surface area is 171 Å². The lowest BCUT2D eigenvalue weighted by Gasteiger charge is -2.42. The number of β-amino-alcohol motifs (C(OH)–C–C–N with tert-alkyl or cyclic N) is 1. The van der Waals surface area contributed by atoms with Crippen molar-refractivity contribution < 1.29 is 19.4 Å². The van der Waals surface area contributed by atoms with Crippen LogP contribution in [0.2, 0.25) is 0 Å². The van der Waals surface area contributed by atoms with Crippen LogP contribution in [-0.2, 0) is 16.1 Å². The Morgan fingerprint density at radius 1 is 1.17 bits per heavy atom. The van der Waals surface area contributed by atoms with Crippen LogP contribution in [0.5, 0.6) is 5.75 Å². The Bertz CT molecular complexity index is 803. The van der Waals surface area contributed by atoms with Crippen molar-refractivity contribution in [1.82, 2.24) is 4.90 Å². The summed E-state index contributed by atoms with van der Waals surface area (Å²) in [5.41, 5.74) is 1.45. The molecule has 0 aliphatic carbocycles. The standard InChI is InChI=1S/C23H28N2O4/c26-21-15-25(13-12-23(21)11-4-14-29-23)16-22(27)24-19-7-9-20(10-8-19)28-17-18-5-2-1-3-6-18/h1-3,5-10,21,26H,4,11-17H2,(H,24,27)/t21-,23-/m0/s1. The van der Waals surface area contributed by atoms with Gasteiger partial charge in [0.1, 0.15) is 12.4 Å². The quantitative estimate of drug-likeness (QED) is 0.786. The summed E-state index contributed by atoms with van der Waals surface area (Å²) in [6, 6.07) is 17.4. The zero-order valence-corrected chi connectivity index (χ0v) is 16.5. The van der Waals surface area contributed by atoms with Crippen LogP contribution >= 0.6 is 0 Å². The van der Waals surface area contributed by atoms with Gasteiger partial charge in [0.15, 0.2) is 0 Å². The minimum absolute atomic E-state index is 0.0848. The fourth-order valence-corrected chi connectivity index (χ4v) is 4.12. The van der Waals surface area contributed by atoms with Gasteiger partial charge >= 0.3 is 0 Å². The Balaban J connectivity index is 1.23. The molecule has 0 aromatic heterocycles. The van der Waals surface area contributed by atoms with Gasteiger partial charge in [-0.05, 0) is 49.1 Å². The summed E-state index contributed by atoms with van der Waals surface area (Å²) in [4.78, 5) is 14.4. The predicted molar refractivity (Wildman–Crippen MR) is 111 cm³/mol. The van der Waals surface area contributed by atoms with Gasteiger partial charge in [-0.2, -0.15) is 0 Å². The van der Waals surface area contributed by atoms with Gasteiger partial charge in [-0.3, -0.25) is 9.69 Å². The molecule has 1 spiro atoms. The highest BCUT2D eigenvalue weighted by atomic mass is 16.5. The van der Waals surface area contributed by atoms with Crippen molar-refractivity contribution in [2.45, 2.75) is 37.6 Å². The first-order valence-corrected chi connectivity index (χ1v) is 10.2. The van der Waals surface area contributed by atoms with Crippen LogP contribution in [0.1, 0.15) is 24.8 Å². The number of nitrogens with zero attached hydrogens (tertiary/aromatic N) is 1. The molecule has 0 radical (unpaired) electrons. The third-order valence-electron chi connectivity index (χ3n) is 5.78. The van der Waals surface area contributed by atoms with E-state index in [-0.39, 0.29) is 18.1 Å². The number of ether oxygens (including phenoxy) is 2. The molecule has 2 aliphatic heterocycles. The number of amides is 1. The molecule has 2 fully saturated rings. The third-order valence-corrected chi connectivity index (χ3v) is 5.78. The third kappa shape index (κ3) is 4.96. The summed E-state index contributed by atoms with van der Waals surface area (Å²) < 4.78 is 11.6. The minimum atomic E-state index is -0.535. The fraction of sp³-hybridized carbons (Fsp3) is 0.435. The lowest BCUT2D eigenvalue weighted by Crippen LogP contribution is -2.56. The molecule has 154 valence electrons. The molecule has 2 N–H and O–H groups in total. The zero-order valence-electron chi connectivity index (χ0n) is 16.5. The highest BCUT2D eigenvalue weighted by Gasteiger charge is 2.45. The number of rotatable bonds is 6. The van der Waals surface area contributed by atoms with Crippen LogP contribution in [0.3, 0.4) is 0 Å². The zero-order chi connectivity index (χ0) is 20.1. The lowest BCUT2D eigenvalue weighted by molar-refractivity contribution is -0.135. The van der Waals surface area contributed by atoms with E-state index in [1.807, 2.05) is 59.5 Å². The van der Waals surface area contributed by atoms with Crippen molar-refractivity contribution in [3.63, 3.8) is 0 Å². The molecule has 6 heteroatoms. The summed E-state index contributed by atoms with van der Waals surface area (Å²) in [7, 11) is 0. The molecule has 0 saturated carbocycles. The number of anilines is 1. The number of aliphatic hydroxyl groups excluding tert-OH is 1. The van der Waals surface area contributed by atoms with E-state index >= 15 is 0 Å². The largest absolute Gasteiger partial charge is 0.489 e. The second kappa shape index (κ2) is 8.95. The van der Waals surface area contributed by atoms with Crippen LogP contribution < -0.4 is 10.1 Å². The minimum Gasteiger partial charge on any atom is -0.489 e. The van der Waals surface area contributed by atoms with Crippen LogP contribution in [0.4, 0.5) is 5.69 Å². The number of piperidine rings is 1. The van der Waals surface area contributed by atoms with Crippen molar-refractivity contribution in [2.75, 3.05) is 31.6 Å². The fourth-order valence-electron chi connectivity index (χ4n) is 4.12. The van der Waals surface area contributed by atoms with E-state index in [1.54, 1.807) is 0 Å². The number of nitrogens with one attached hydrogen (secondary N) is 1. The summed E-state index contributed by atoms with van der Waals surface area (Å²) in [6.45, 7) is 2.73. The van der Waals surface area contributed by atoms with E-state index in [0.29, 0.717) is 13.2 Å². The molecule has 0 unspecified atom stereocenters. The number of hydrogen-bond acceptors (Lipinski definition) is 5. The van der Waals surface area contributed by atoms with Gasteiger partial charge in [0.25, 0.3) is 0 Å². The highest BCUT2D eigenvalue weighted by Crippen LogP contribution is 2.35. The van der Waals surface area contributed by atoms with Gasteiger partial charge in [-0.25, -0.2) is 0 Å². The first-order valence-electron chi connectivity index (χ1n) is 10.2. The maximum Gasteiger partial charge on any atom is 0.238 e. The van der Waals surface area contributed by atoms with Gasteiger partial charge in [-0.1, -0.05) is 30.3 Å². The molecule has 2 aliphatic rings. The molecule has 2 saturated heterocycles. The van der Waals surface area contributed by atoms with E-state index < -0.39 is 6.10 Å². The van der Waals surface area contributed by atoms with Crippen molar-refractivity contribution in [1.29, 1.82) is 0 Å². The monoisotopic (exact) mass is 396 g/mol. The average molecular weight is 396 g/mol. The molecular formula is C23H28N2O4. The maximum absolute atomic E-state index is 12.4. The molecule has 2 aromatic carbocycles. The van der Waals surface area contributed by atoms with Gasteiger partial charge in [-0.15, -0.1) is 0 Å². The Kier molecular flexibility index (Phi) is 6.13. The number of likely N-dealkylation sites (tertiary alicyclic amines) is 1. The predicted octanol–water partition coefficient (Wildman–Crippen LogP) is 2.82. The summed E-state index contributed by atoms with van der Waals surface area (Å²) in [5, 5.41) is 13.4. The normalized spacial score (nSPS) is 24.5. The van der Waals surface area contributed by atoms with E-state index in [1.165, 1.54) is 0 Å². The van der Waals surface area contributed by atoms with E-state index in [0.717, 1.165) is 49.4 Å². The van der Waals surface area contributed by atoms with Crippen molar-refractivity contribution in [2.24, 2.45) is 0 Å². The number of aliphatic hydroxyl groups is 1. The molecular weight excluding hydrogens is 368 g/mol. The Morgan fingerprint density at radius 3 is 2.66 bits per heavy atom. The Hall–Kier alpha value is -2.41. The van der Waals surface area contributed by atoms with E-state index in [9.17, 15) is 9.90 Å². The number of benzene rings is 2. The molecule has 2 atom stereocenters. The summed E-state index contributed by atoms with van der Waals surface area (Å²) in [5.74, 6) is 0.673. The summed E-state index contributed by atoms with van der Waals surface area (Å²) in [6.07, 6.45) is 2.15. The van der Waals surface area contributed by atoms with Gasteiger partial charge < -0.3 is 19.9 Å². The van der Waals surface area contributed by atoms with Crippen LogP contribution in [0, 0.1) is 0 Å². The van der Waals surface area contributed by atoms with Crippen LogP contribution in [0.25, 0.3) is 0 Å². The van der Waals surface area contributed by atoms with Crippen LogP contribution in [-0.4, -0.2) is 53.9 Å². The smallest absolute Gasteiger partial charge is 0.238 e. The second-order valence-corrected chi connectivity index (χ2v) is 7.86. The topological polar surface area (TPSA) is 71.0 Å². The molecule has 2 aromatic rings. The number of carbonyl (C=O) groups excluding carboxylic acids is 1. The van der Waals surface area contributed by atoms with E-state index in [4.69, 9.17) is 9.47 Å². The molecule has 1 amide bonds. The second-order valence-electron chi connectivity index (χ2n) is 7.86. The van der Waals surface area contributed by atoms with Crippen molar-refractivity contribution >= 4 is 11.6 Å². The van der Waals surface area contributed by atoms with Gasteiger partial charge in [0.2, 0.25) is 5.91 Å². The first-order chi connectivity index (χ1) is 14.1. The highest BCUT2D eigenvalue weighted by molar-refractivity contribution is 5.92.